The third-order valence-electron chi connectivity index (χ3n) is 3.20. The average molecular weight is 260 g/mol. The van der Waals surface area contributed by atoms with Crippen LogP contribution in [0.3, 0.4) is 0 Å². The first-order valence-corrected chi connectivity index (χ1v) is 7.00. The van der Waals surface area contributed by atoms with Gasteiger partial charge in [0.15, 0.2) is 0 Å². The molecule has 2 nitrogen and oxygen atoms in total. The van der Waals surface area contributed by atoms with Crippen molar-refractivity contribution in [1.29, 1.82) is 0 Å². The lowest BCUT2D eigenvalue weighted by Gasteiger charge is -2.28. The molecule has 1 atom stereocenters. The van der Waals surface area contributed by atoms with Crippen LogP contribution < -0.4 is 5.32 Å². The van der Waals surface area contributed by atoms with E-state index in [9.17, 15) is 0 Å². The molecule has 0 saturated carbocycles. The van der Waals surface area contributed by atoms with Gasteiger partial charge in [-0.05, 0) is 37.8 Å². The molecule has 0 amide bonds. The van der Waals surface area contributed by atoms with Gasteiger partial charge in [0.25, 0.3) is 0 Å². The lowest BCUT2D eigenvalue weighted by Crippen LogP contribution is -2.36. The number of thiophene rings is 1. The predicted octanol–water partition coefficient (Wildman–Crippen LogP) is 3.31. The summed E-state index contributed by atoms with van der Waals surface area (Å²) in [4.78, 5) is 1.31. The van der Waals surface area contributed by atoms with Crippen LogP contribution in [0, 0.1) is 5.92 Å². The van der Waals surface area contributed by atoms with Crippen molar-refractivity contribution in [1.82, 2.24) is 5.32 Å². The molecule has 1 aromatic rings. The minimum Gasteiger partial charge on any atom is -0.381 e. The number of halogens is 1. The van der Waals surface area contributed by atoms with Crippen LogP contribution in [0.1, 0.15) is 24.6 Å². The fourth-order valence-electron chi connectivity index (χ4n) is 2.09. The summed E-state index contributed by atoms with van der Waals surface area (Å²) in [6.07, 6.45) is 2.36. The molecule has 2 rings (SSSR count). The molecule has 90 valence electrons. The van der Waals surface area contributed by atoms with Crippen molar-refractivity contribution in [3.8, 4) is 0 Å². The first kappa shape index (κ1) is 12.4. The summed E-state index contributed by atoms with van der Waals surface area (Å²) in [6.45, 7) is 5.03. The predicted molar refractivity (Wildman–Crippen MR) is 69.2 cm³/mol. The highest BCUT2D eigenvalue weighted by Gasteiger charge is 2.19. The molecule has 4 heteroatoms. The van der Waals surface area contributed by atoms with Gasteiger partial charge < -0.3 is 10.1 Å². The summed E-state index contributed by atoms with van der Waals surface area (Å²) in [6, 6.07) is 4.61. The second-order valence-corrected chi connectivity index (χ2v) is 6.12. The Morgan fingerprint density at radius 1 is 1.50 bits per heavy atom. The largest absolute Gasteiger partial charge is 0.381 e. The van der Waals surface area contributed by atoms with E-state index in [0.717, 1.165) is 30.0 Å². The zero-order valence-corrected chi connectivity index (χ0v) is 11.1. The summed E-state index contributed by atoms with van der Waals surface area (Å²) in [7, 11) is 0. The van der Waals surface area contributed by atoms with Crippen molar-refractivity contribution in [3.05, 3.63) is 21.3 Å². The Kier molecular flexibility index (Phi) is 4.65. The SMILES string of the molecule is CC(NCc1ccc(Cl)s1)C1CCOCC1. The van der Waals surface area contributed by atoms with Gasteiger partial charge in [0.05, 0.1) is 4.34 Å². The van der Waals surface area contributed by atoms with E-state index in [1.807, 2.05) is 6.07 Å². The summed E-state index contributed by atoms with van der Waals surface area (Å²) in [5.41, 5.74) is 0. The Balaban J connectivity index is 1.76. The standard InChI is InChI=1S/C12H18ClNOS/c1-9(10-4-6-15-7-5-10)14-8-11-2-3-12(13)16-11/h2-3,9-10,14H,4-8H2,1H3. The van der Waals surface area contributed by atoms with Crippen LogP contribution in [0.25, 0.3) is 0 Å². The van der Waals surface area contributed by atoms with Crippen molar-refractivity contribution >= 4 is 22.9 Å². The number of nitrogens with one attached hydrogen (secondary N) is 1. The monoisotopic (exact) mass is 259 g/mol. The lowest BCUT2D eigenvalue weighted by atomic mass is 9.93. The highest BCUT2D eigenvalue weighted by Crippen LogP contribution is 2.22. The van der Waals surface area contributed by atoms with Gasteiger partial charge >= 0.3 is 0 Å². The van der Waals surface area contributed by atoms with E-state index in [1.165, 1.54) is 17.7 Å². The van der Waals surface area contributed by atoms with E-state index >= 15 is 0 Å². The molecule has 2 heterocycles. The molecule has 0 aromatic carbocycles. The first-order chi connectivity index (χ1) is 7.75. The molecule has 1 unspecified atom stereocenters. The summed E-state index contributed by atoms with van der Waals surface area (Å²) in [5.74, 6) is 0.754. The molecule has 1 aliphatic rings. The quantitative estimate of drug-likeness (QED) is 0.896. The maximum Gasteiger partial charge on any atom is 0.0931 e. The van der Waals surface area contributed by atoms with E-state index in [1.54, 1.807) is 11.3 Å². The van der Waals surface area contributed by atoms with E-state index < -0.39 is 0 Å². The molecule has 0 bridgehead atoms. The Hall–Kier alpha value is -0.0900. The van der Waals surface area contributed by atoms with E-state index in [0.29, 0.717) is 6.04 Å². The van der Waals surface area contributed by atoms with Crippen LogP contribution in [-0.2, 0) is 11.3 Å². The first-order valence-electron chi connectivity index (χ1n) is 5.81. The Morgan fingerprint density at radius 2 is 2.25 bits per heavy atom. The molecule has 1 fully saturated rings. The number of ether oxygens (including phenoxy) is 1. The van der Waals surface area contributed by atoms with Crippen molar-refractivity contribution in [2.45, 2.75) is 32.4 Å². The van der Waals surface area contributed by atoms with Crippen LogP contribution in [-0.4, -0.2) is 19.3 Å². The van der Waals surface area contributed by atoms with Crippen LogP contribution in [0.15, 0.2) is 12.1 Å². The van der Waals surface area contributed by atoms with Gasteiger partial charge in [0, 0.05) is 30.7 Å². The molecule has 0 spiro atoms. The molecule has 16 heavy (non-hydrogen) atoms. The number of hydrogen-bond donors (Lipinski definition) is 1. The van der Waals surface area contributed by atoms with Gasteiger partial charge in [-0.2, -0.15) is 0 Å². The number of rotatable bonds is 4. The second kappa shape index (κ2) is 6.01. The number of hydrogen-bond acceptors (Lipinski definition) is 3. The molecule has 1 aliphatic heterocycles. The van der Waals surface area contributed by atoms with E-state index in [2.05, 4.69) is 18.3 Å². The Labute approximate surface area is 106 Å². The lowest BCUT2D eigenvalue weighted by molar-refractivity contribution is 0.0558. The minimum atomic E-state index is 0.560. The highest BCUT2D eigenvalue weighted by atomic mass is 35.5. The van der Waals surface area contributed by atoms with Crippen LogP contribution in [0.5, 0.6) is 0 Å². The average Bonchev–Trinajstić information content (AvgIpc) is 2.73. The minimum absolute atomic E-state index is 0.560. The molecule has 0 aliphatic carbocycles. The van der Waals surface area contributed by atoms with Gasteiger partial charge in [-0.25, -0.2) is 0 Å². The topological polar surface area (TPSA) is 21.3 Å². The van der Waals surface area contributed by atoms with Crippen LogP contribution in [0.4, 0.5) is 0 Å². The highest BCUT2D eigenvalue weighted by molar-refractivity contribution is 7.16. The molecular formula is C12H18ClNOS. The third kappa shape index (κ3) is 3.45. The van der Waals surface area contributed by atoms with E-state index in [4.69, 9.17) is 16.3 Å². The van der Waals surface area contributed by atoms with Crippen molar-refractivity contribution in [2.24, 2.45) is 5.92 Å². The Bertz CT molecular complexity index is 323. The molecule has 1 N–H and O–H groups in total. The van der Waals surface area contributed by atoms with Gasteiger partial charge in [-0.3, -0.25) is 0 Å². The van der Waals surface area contributed by atoms with Crippen LogP contribution in [0.2, 0.25) is 4.34 Å². The molecular weight excluding hydrogens is 242 g/mol. The van der Waals surface area contributed by atoms with E-state index in [-0.39, 0.29) is 0 Å². The molecule has 0 radical (unpaired) electrons. The zero-order chi connectivity index (χ0) is 11.4. The summed E-state index contributed by atoms with van der Waals surface area (Å²) in [5, 5.41) is 3.58. The van der Waals surface area contributed by atoms with Gasteiger partial charge in [-0.15, -0.1) is 11.3 Å². The summed E-state index contributed by atoms with van der Waals surface area (Å²) < 4.78 is 6.24. The fraction of sp³-hybridized carbons (Fsp3) is 0.667. The maximum absolute atomic E-state index is 5.90. The summed E-state index contributed by atoms with van der Waals surface area (Å²) >= 11 is 7.55. The maximum atomic E-state index is 5.90. The second-order valence-electron chi connectivity index (χ2n) is 4.33. The van der Waals surface area contributed by atoms with Crippen molar-refractivity contribution in [2.75, 3.05) is 13.2 Å². The van der Waals surface area contributed by atoms with Crippen molar-refractivity contribution in [3.63, 3.8) is 0 Å². The van der Waals surface area contributed by atoms with Gasteiger partial charge in [0.1, 0.15) is 0 Å². The van der Waals surface area contributed by atoms with Gasteiger partial charge in [-0.1, -0.05) is 11.6 Å². The Morgan fingerprint density at radius 3 is 2.88 bits per heavy atom. The zero-order valence-electron chi connectivity index (χ0n) is 9.54. The molecule has 1 aromatic heterocycles. The third-order valence-corrected chi connectivity index (χ3v) is 4.43. The van der Waals surface area contributed by atoms with Crippen LogP contribution >= 0.6 is 22.9 Å². The van der Waals surface area contributed by atoms with Crippen molar-refractivity contribution < 1.29 is 4.74 Å². The fourth-order valence-corrected chi connectivity index (χ4v) is 3.13. The van der Waals surface area contributed by atoms with Gasteiger partial charge in [0.2, 0.25) is 0 Å². The normalized spacial score (nSPS) is 19.9. The molecule has 1 saturated heterocycles. The smallest absolute Gasteiger partial charge is 0.0931 e.